The van der Waals surface area contributed by atoms with Crippen molar-refractivity contribution in [2.45, 2.75) is 60.3 Å². The average Bonchev–Trinajstić information content (AvgIpc) is 2.70. The first-order valence-corrected chi connectivity index (χ1v) is 9.41. The molecule has 0 aliphatic heterocycles. The van der Waals surface area contributed by atoms with Crippen molar-refractivity contribution in [2.75, 3.05) is 13.1 Å². The molecule has 1 heterocycles. The van der Waals surface area contributed by atoms with Gasteiger partial charge in [0.25, 0.3) is 0 Å². The minimum atomic E-state index is 0.746. The highest BCUT2D eigenvalue weighted by molar-refractivity contribution is 7.11. The van der Waals surface area contributed by atoms with Crippen molar-refractivity contribution < 1.29 is 0 Å². The van der Waals surface area contributed by atoms with Crippen LogP contribution in [0.4, 0.5) is 0 Å². The van der Waals surface area contributed by atoms with Crippen molar-refractivity contribution in [1.82, 2.24) is 10.3 Å². The Kier molecular flexibility index (Phi) is 6.24. The van der Waals surface area contributed by atoms with E-state index >= 15 is 0 Å². The smallest absolute Gasteiger partial charge is 0.0933 e. The maximum Gasteiger partial charge on any atom is 0.0933 e. The number of thiazole rings is 1. The molecule has 21 heavy (non-hydrogen) atoms. The van der Waals surface area contributed by atoms with Crippen LogP contribution in [0.3, 0.4) is 0 Å². The molecule has 0 radical (unpaired) electrons. The maximum atomic E-state index is 4.77. The monoisotopic (exact) mass is 308 g/mol. The molecule has 3 heteroatoms. The third kappa shape index (κ3) is 5.07. The van der Waals surface area contributed by atoms with E-state index in [1.54, 1.807) is 0 Å². The second-order valence-corrected chi connectivity index (χ2v) is 8.73. The van der Waals surface area contributed by atoms with Crippen molar-refractivity contribution >= 4 is 11.3 Å². The van der Waals surface area contributed by atoms with Crippen LogP contribution in [0, 0.1) is 37.5 Å². The molecule has 1 N–H and O–H groups in total. The quantitative estimate of drug-likeness (QED) is 0.830. The first-order valence-electron chi connectivity index (χ1n) is 8.59. The second-order valence-electron chi connectivity index (χ2n) is 7.44. The Hall–Kier alpha value is -0.410. The molecule has 1 aromatic heterocycles. The van der Waals surface area contributed by atoms with E-state index in [0.29, 0.717) is 0 Å². The summed E-state index contributed by atoms with van der Waals surface area (Å²) in [5, 5.41) is 5.04. The average molecular weight is 309 g/mol. The molecule has 3 unspecified atom stereocenters. The molecule has 1 fully saturated rings. The maximum absolute atomic E-state index is 4.77. The molecule has 2 nitrogen and oxygen atoms in total. The molecule has 1 saturated carbocycles. The zero-order valence-corrected chi connectivity index (χ0v) is 15.2. The SMILES string of the molecule is Cc1nc(CC2CC(C)CCC2CNCC(C)C)sc1C. The predicted octanol–water partition coefficient (Wildman–Crippen LogP) is 4.60. The lowest BCUT2D eigenvalue weighted by Crippen LogP contribution is -2.35. The fourth-order valence-corrected chi connectivity index (χ4v) is 4.52. The molecule has 1 aromatic rings. The first-order chi connectivity index (χ1) is 9.95. The van der Waals surface area contributed by atoms with Crippen molar-refractivity contribution in [2.24, 2.45) is 23.7 Å². The predicted molar refractivity (Wildman–Crippen MR) is 93.0 cm³/mol. The van der Waals surface area contributed by atoms with Crippen LogP contribution in [-0.2, 0) is 6.42 Å². The van der Waals surface area contributed by atoms with E-state index in [-0.39, 0.29) is 0 Å². The number of nitrogens with one attached hydrogen (secondary N) is 1. The molecule has 0 spiro atoms. The van der Waals surface area contributed by atoms with E-state index in [4.69, 9.17) is 4.98 Å². The molecule has 2 rings (SSSR count). The highest BCUT2D eigenvalue weighted by Crippen LogP contribution is 2.36. The minimum absolute atomic E-state index is 0.746. The van der Waals surface area contributed by atoms with Gasteiger partial charge in [-0.1, -0.05) is 27.2 Å². The molecule has 0 saturated heterocycles. The molecule has 0 bridgehead atoms. The molecule has 1 aliphatic carbocycles. The Labute approximate surface area is 134 Å². The summed E-state index contributed by atoms with van der Waals surface area (Å²) in [6.45, 7) is 13.7. The van der Waals surface area contributed by atoms with Gasteiger partial charge in [0.1, 0.15) is 0 Å². The van der Waals surface area contributed by atoms with Crippen molar-refractivity contribution in [3.05, 3.63) is 15.6 Å². The van der Waals surface area contributed by atoms with Gasteiger partial charge >= 0.3 is 0 Å². The van der Waals surface area contributed by atoms with Gasteiger partial charge in [-0.3, -0.25) is 0 Å². The number of nitrogens with zero attached hydrogens (tertiary/aromatic N) is 1. The Morgan fingerprint density at radius 3 is 2.62 bits per heavy atom. The number of aryl methyl sites for hydroxylation is 2. The lowest BCUT2D eigenvalue weighted by molar-refractivity contribution is 0.182. The van der Waals surface area contributed by atoms with E-state index in [1.165, 1.54) is 47.8 Å². The molecular weight excluding hydrogens is 276 g/mol. The van der Waals surface area contributed by atoms with Crippen LogP contribution in [-0.4, -0.2) is 18.1 Å². The minimum Gasteiger partial charge on any atom is -0.316 e. The number of hydrogen-bond acceptors (Lipinski definition) is 3. The Morgan fingerprint density at radius 1 is 1.24 bits per heavy atom. The van der Waals surface area contributed by atoms with Crippen LogP contribution >= 0.6 is 11.3 Å². The summed E-state index contributed by atoms with van der Waals surface area (Å²) in [6.07, 6.45) is 5.37. The van der Waals surface area contributed by atoms with Gasteiger partial charge in [0.15, 0.2) is 0 Å². The lowest BCUT2D eigenvalue weighted by atomic mass is 9.73. The fourth-order valence-electron chi connectivity index (χ4n) is 3.49. The Bertz CT molecular complexity index is 419. The molecule has 1 aliphatic rings. The van der Waals surface area contributed by atoms with Gasteiger partial charge in [-0.2, -0.15) is 0 Å². The standard InChI is InChI=1S/C18H32N2S/c1-12(2)10-19-11-16-7-6-13(3)8-17(16)9-18-20-14(4)15(5)21-18/h12-13,16-17,19H,6-11H2,1-5H3. The summed E-state index contributed by atoms with van der Waals surface area (Å²) in [5.74, 6) is 3.29. The van der Waals surface area contributed by atoms with E-state index in [9.17, 15) is 0 Å². The zero-order chi connectivity index (χ0) is 15.4. The summed E-state index contributed by atoms with van der Waals surface area (Å²) in [7, 11) is 0. The van der Waals surface area contributed by atoms with Crippen molar-refractivity contribution in [3.63, 3.8) is 0 Å². The van der Waals surface area contributed by atoms with E-state index < -0.39 is 0 Å². The van der Waals surface area contributed by atoms with Crippen LogP contribution in [0.1, 0.15) is 55.6 Å². The lowest BCUT2D eigenvalue weighted by Gasteiger charge is -2.35. The largest absolute Gasteiger partial charge is 0.316 e. The zero-order valence-electron chi connectivity index (χ0n) is 14.4. The third-order valence-electron chi connectivity index (χ3n) is 4.87. The summed E-state index contributed by atoms with van der Waals surface area (Å²) in [6, 6.07) is 0. The first kappa shape index (κ1) is 17.0. The van der Waals surface area contributed by atoms with Crippen LogP contribution in [0.2, 0.25) is 0 Å². The molecular formula is C18H32N2S. The van der Waals surface area contributed by atoms with Gasteiger partial charge in [0.05, 0.1) is 10.7 Å². The topological polar surface area (TPSA) is 24.9 Å². The summed E-state index contributed by atoms with van der Waals surface area (Å²) in [4.78, 5) is 6.16. The number of rotatable bonds is 6. The second kappa shape index (κ2) is 7.73. The third-order valence-corrected chi connectivity index (χ3v) is 5.97. The summed E-state index contributed by atoms with van der Waals surface area (Å²) < 4.78 is 0. The van der Waals surface area contributed by atoms with Gasteiger partial charge in [-0.05, 0) is 63.5 Å². The normalized spacial score (nSPS) is 26.5. The van der Waals surface area contributed by atoms with Gasteiger partial charge in [0.2, 0.25) is 0 Å². The summed E-state index contributed by atoms with van der Waals surface area (Å²) >= 11 is 1.91. The van der Waals surface area contributed by atoms with Gasteiger partial charge in [-0.15, -0.1) is 11.3 Å². The van der Waals surface area contributed by atoms with Crippen molar-refractivity contribution in [3.8, 4) is 0 Å². The van der Waals surface area contributed by atoms with Crippen LogP contribution in [0.25, 0.3) is 0 Å². The van der Waals surface area contributed by atoms with Gasteiger partial charge < -0.3 is 5.32 Å². The van der Waals surface area contributed by atoms with Crippen LogP contribution < -0.4 is 5.32 Å². The van der Waals surface area contributed by atoms with Crippen LogP contribution in [0.5, 0.6) is 0 Å². The Morgan fingerprint density at radius 2 is 2.00 bits per heavy atom. The summed E-state index contributed by atoms with van der Waals surface area (Å²) in [5.41, 5.74) is 1.23. The van der Waals surface area contributed by atoms with E-state index in [2.05, 4.69) is 39.9 Å². The highest BCUT2D eigenvalue weighted by Gasteiger charge is 2.29. The Balaban J connectivity index is 1.94. The molecule has 3 atom stereocenters. The molecule has 0 amide bonds. The van der Waals surface area contributed by atoms with Gasteiger partial charge in [-0.25, -0.2) is 4.98 Å². The molecule has 120 valence electrons. The fraction of sp³-hybridized carbons (Fsp3) is 0.833. The van der Waals surface area contributed by atoms with Gasteiger partial charge in [0, 0.05) is 11.3 Å². The van der Waals surface area contributed by atoms with Crippen LogP contribution in [0.15, 0.2) is 0 Å². The van der Waals surface area contributed by atoms with E-state index in [0.717, 1.165) is 30.2 Å². The number of aromatic nitrogens is 1. The number of hydrogen-bond donors (Lipinski definition) is 1. The van der Waals surface area contributed by atoms with Crippen molar-refractivity contribution in [1.29, 1.82) is 0 Å². The highest BCUT2D eigenvalue weighted by atomic mass is 32.1. The van der Waals surface area contributed by atoms with E-state index in [1.807, 2.05) is 11.3 Å². The molecule has 0 aromatic carbocycles.